The van der Waals surface area contributed by atoms with Gasteiger partial charge in [-0.2, -0.15) is 0 Å². The lowest BCUT2D eigenvalue weighted by molar-refractivity contribution is -0.138. The summed E-state index contributed by atoms with van der Waals surface area (Å²) >= 11 is 5.97. The molecule has 17 heavy (non-hydrogen) atoms. The molecule has 1 unspecified atom stereocenters. The lowest BCUT2D eigenvalue weighted by Gasteiger charge is -2.03. The SMILES string of the molecule is CCn1cc(C(C)C(=O)O)c2ccc(Cl)cc21. The van der Waals surface area contributed by atoms with E-state index in [1.165, 1.54) is 0 Å². The molecule has 0 aliphatic rings. The van der Waals surface area contributed by atoms with Crippen molar-refractivity contribution in [3.63, 3.8) is 0 Å². The molecule has 2 aromatic rings. The summed E-state index contributed by atoms with van der Waals surface area (Å²) in [4.78, 5) is 11.1. The first-order valence-corrected chi connectivity index (χ1v) is 5.93. The molecule has 2 rings (SSSR count). The summed E-state index contributed by atoms with van der Waals surface area (Å²) in [5, 5.41) is 10.7. The van der Waals surface area contributed by atoms with E-state index in [4.69, 9.17) is 16.7 Å². The van der Waals surface area contributed by atoms with Gasteiger partial charge in [0, 0.05) is 28.7 Å². The standard InChI is InChI=1S/C13H14ClNO2/c1-3-15-7-11(8(2)13(16)17)10-5-4-9(14)6-12(10)15/h4-8H,3H2,1-2H3,(H,16,17). The van der Waals surface area contributed by atoms with E-state index in [0.29, 0.717) is 5.02 Å². The number of carboxylic acids is 1. The van der Waals surface area contributed by atoms with Crippen LogP contribution in [0.3, 0.4) is 0 Å². The minimum atomic E-state index is -0.810. The molecular formula is C13H14ClNO2. The maximum Gasteiger partial charge on any atom is 0.310 e. The normalized spacial score (nSPS) is 12.9. The predicted molar refractivity (Wildman–Crippen MR) is 68.7 cm³/mol. The van der Waals surface area contributed by atoms with Crippen LogP contribution in [0, 0.1) is 0 Å². The molecule has 1 aromatic carbocycles. The molecule has 1 heterocycles. The zero-order chi connectivity index (χ0) is 12.6. The molecule has 0 radical (unpaired) electrons. The van der Waals surface area contributed by atoms with Crippen molar-refractivity contribution in [3.05, 3.63) is 35.0 Å². The number of rotatable bonds is 3. The zero-order valence-corrected chi connectivity index (χ0v) is 10.5. The minimum absolute atomic E-state index is 0.508. The third kappa shape index (κ3) is 2.03. The Morgan fingerprint density at radius 3 is 2.82 bits per heavy atom. The largest absolute Gasteiger partial charge is 0.481 e. The van der Waals surface area contributed by atoms with Crippen LogP contribution in [-0.2, 0) is 11.3 Å². The summed E-state index contributed by atoms with van der Waals surface area (Å²) < 4.78 is 2.02. The minimum Gasteiger partial charge on any atom is -0.481 e. The molecule has 0 fully saturated rings. The molecule has 0 aliphatic carbocycles. The van der Waals surface area contributed by atoms with E-state index in [2.05, 4.69) is 0 Å². The highest BCUT2D eigenvalue weighted by molar-refractivity contribution is 6.31. The smallest absolute Gasteiger partial charge is 0.310 e. The predicted octanol–water partition coefficient (Wildman–Crippen LogP) is 3.50. The third-order valence-corrected chi connectivity index (χ3v) is 3.29. The van der Waals surface area contributed by atoms with Crippen molar-refractivity contribution < 1.29 is 9.90 Å². The van der Waals surface area contributed by atoms with Crippen molar-refractivity contribution in [1.82, 2.24) is 4.57 Å². The highest BCUT2D eigenvalue weighted by Crippen LogP contribution is 2.29. The van der Waals surface area contributed by atoms with E-state index in [0.717, 1.165) is 23.0 Å². The Hall–Kier alpha value is -1.48. The third-order valence-electron chi connectivity index (χ3n) is 3.05. The van der Waals surface area contributed by atoms with Gasteiger partial charge in [-0.3, -0.25) is 4.79 Å². The number of aliphatic carboxylic acids is 1. The lowest BCUT2D eigenvalue weighted by atomic mass is 10.0. The van der Waals surface area contributed by atoms with Crippen LogP contribution in [0.2, 0.25) is 5.02 Å². The van der Waals surface area contributed by atoms with Crippen LogP contribution in [0.15, 0.2) is 24.4 Å². The van der Waals surface area contributed by atoms with Crippen LogP contribution in [0.5, 0.6) is 0 Å². The lowest BCUT2D eigenvalue weighted by Crippen LogP contribution is -2.06. The van der Waals surface area contributed by atoms with Gasteiger partial charge < -0.3 is 9.67 Å². The van der Waals surface area contributed by atoms with Crippen molar-refractivity contribution in [1.29, 1.82) is 0 Å². The molecule has 0 saturated carbocycles. The first-order valence-electron chi connectivity index (χ1n) is 5.55. The first-order chi connectivity index (χ1) is 8.04. The van der Waals surface area contributed by atoms with Crippen molar-refractivity contribution in [2.75, 3.05) is 0 Å². The Morgan fingerprint density at radius 2 is 2.24 bits per heavy atom. The number of fused-ring (bicyclic) bond motifs is 1. The quantitative estimate of drug-likeness (QED) is 0.907. The molecule has 3 nitrogen and oxygen atoms in total. The second kappa shape index (κ2) is 4.41. The van der Waals surface area contributed by atoms with Crippen LogP contribution in [0.4, 0.5) is 0 Å². The average molecular weight is 252 g/mol. The number of hydrogen-bond donors (Lipinski definition) is 1. The number of aromatic nitrogens is 1. The van der Waals surface area contributed by atoms with Gasteiger partial charge in [-0.15, -0.1) is 0 Å². The maximum absolute atomic E-state index is 11.1. The van der Waals surface area contributed by atoms with Crippen molar-refractivity contribution in [2.24, 2.45) is 0 Å². The van der Waals surface area contributed by atoms with Crippen LogP contribution >= 0.6 is 11.6 Å². The highest BCUT2D eigenvalue weighted by Gasteiger charge is 2.19. The van der Waals surface area contributed by atoms with Crippen LogP contribution in [0.1, 0.15) is 25.3 Å². The number of carboxylic acid groups (broad SMARTS) is 1. The number of hydrogen-bond acceptors (Lipinski definition) is 1. The Kier molecular flexibility index (Phi) is 3.11. The number of carbonyl (C=O) groups is 1. The van der Waals surface area contributed by atoms with Gasteiger partial charge in [0.05, 0.1) is 5.92 Å². The molecule has 4 heteroatoms. The molecule has 1 aromatic heterocycles. The fourth-order valence-electron chi connectivity index (χ4n) is 2.03. The molecule has 0 bridgehead atoms. The molecular weight excluding hydrogens is 238 g/mol. The van der Waals surface area contributed by atoms with E-state index in [1.807, 2.05) is 29.8 Å². The molecule has 1 N–H and O–H groups in total. The Bertz CT molecular complexity index is 574. The van der Waals surface area contributed by atoms with Crippen molar-refractivity contribution in [2.45, 2.75) is 26.3 Å². The van der Waals surface area contributed by atoms with Gasteiger partial charge in [0.2, 0.25) is 0 Å². The second-order valence-electron chi connectivity index (χ2n) is 4.09. The Balaban J connectivity index is 2.69. The Labute approximate surface area is 105 Å². The topological polar surface area (TPSA) is 42.2 Å². The molecule has 0 amide bonds. The molecule has 0 saturated heterocycles. The van der Waals surface area contributed by atoms with Gasteiger partial charge in [-0.1, -0.05) is 17.7 Å². The number of halogens is 1. The van der Waals surface area contributed by atoms with Crippen LogP contribution < -0.4 is 0 Å². The van der Waals surface area contributed by atoms with Gasteiger partial charge in [0.15, 0.2) is 0 Å². The van der Waals surface area contributed by atoms with Gasteiger partial charge >= 0.3 is 5.97 Å². The first kappa shape index (κ1) is 12.0. The van der Waals surface area contributed by atoms with E-state index < -0.39 is 11.9 Å². The number of benzene rings is 1. The molecule has 1 atom stereocenters. The van der Waals surface area contributed by atoms with E-state index >= 15 is 0 Å². The second-order valence-corrected chi connectivity index (χ2v) is 4.53. The number of nitrogens with zero attached hydrogens (tertiary/aromatic N) is 1. The van der Waals surface area contributed by atoms with E-state index in [9.17, 15) is 4.79 Å². The number of aryl methyl sites for hydroxylation is 1. The molecule has 0 aliphatic heterocycles. The van der Waals surface area contributed by atoms with Crippen LogP contribution in [-0.4, -0.2) is 15.6 Å². The summed E-state index contributed by atoms with van der Waals surface area (Å²) in [5.74, 6) is -1.32. The summed E-state index contributed by atoms with van der Waals surface area (Å²) in [5.41, 5.74) is 1.83. The highest BCUT2D eigenvalue weighted by atomic mass is 35.5. The fraction of sp³-hybridized carbons (Fsp3) is 0.308. The summed E-state index contributed by atoms with van der Waals surface area (Å²) in [6.07, 6.45) is 1.90. The van der Waals surface area contributed by atoms with Gasteiger partial charge in [-0.05, 0) is 31.5 Å². The average Bonchev–Trinajstić information content (AvgIpc) is 2.65. The van der Waals surface area contributed by atoms with E-state index in [1.54, 1.807) is 13.0 Å². The summed E-state index contributed by atoms with van der Waals surface area (Å²) in [6.45, 7) is 4.52. The van der Waals surface area contributed by atoms with Gasteiger partial charge in [-0.25, -0.2) is 0 Å². The fourth-order valence-corrected chi connectivity index (χ4v) is 2.20. The summed E-state index contributed by atoms with van der Waals surface area (Å²) in [7, 11) is 0. The zero-order valence-electron chi connectivity index (χ0n) is 9.77. The maximum atomic E-state index is 11.1. The summed E-state index contributed by atoms with van der Waals surface area (Å²) in [6, 6.07) is 5.55. The molecule has 90 valence electrons. The van der Waals surface area contributed by atoms with Gasteiger partial charge in [0.1, 0.15) is 0 Å². The van der Waals surface area contributed by atoms with Crippen LogP contribution in [0.25, 0.3) is 10.9 Å². The Morgan fingerprint density at radius 1 is 1.53 bits per heavy atom. The van der Waals surface area contributed by atoms with Gasteiger partial charge in [0.25, 0.3) is 0 Å². The van der Waals surface area contributed by atoms with Crippen molar-refractivity contribution >= 4 is 28.5 Å². The molecule has 0 spiro atoms. The van der Waals surface area contributed by atoms with E-state index in [-0.39, 0.29) is 0 Å². The van der Waals surface area contributed by atoms with Crippen molar-refractivity contribution in [3.8, 4) is 0 Å². The monoisotopic (exact) mass is 251 g/mol.